The Hall–Kier alpha value is -3.14. The van der Waals surface area contributed by atoms with Crippen molar-refractivity contribution in [1.82, 2.24) is 0 Å². The molecule has 0 atom stereocenters. The second kappa shape index (κ2) is 7.28. The van der Waals surface area contributed by atoms with E-state index < -0.39 is 0 Å². The lowest BCUT2D eigenvalue weighted by Gasteiger charge is -2.22. The van der Waals surface area contributed by atoms with Gasteiger partial charge in [0.2, 0.25) is 0 Å². The molecule has 0 N–H and O–H groups in total. The van der Waals surface area contributed by atoms with Crippen molar-refractivity contribution >= 4 is 63.6 Å². The van der Waals surface area contributed by atoms with E-state index in [0.29, 0.717) is 0 Å². The summed E-state index contributed by atoms with van der Waals surface area (Å²) in [7, 11) is 0. The Labute approximate surface area is 183 Å². The molecule has 0 saturated heterocycles. The number of thiophene rings is 2. The highest BCUT2D eigenvalue weighted by molar-refractivity contribution is 7.25. The molecule has 2 heterocycles. The first-order valence-corrected chi connectivity index (χ1v) is 11.7. The molecular weight excluding hydrogens is 402 g/mol. The van der Waals surface area contributed by atoms with Crippen LogP contribution in [0.15, 0.2) is 103 Å². The molecule has 3 heteroatoms. The summed E-state index contributed by atoms with van der Waals surface area (Å²) in [4.78, 5) is 2.48. The minimum Gasteiger partial charge on any atom is -0.320 e. The molecule has 0 unspecified atom stereocenters. The van der Waals surface area contributed by atoms with Gasteiger partial charge in [-0.05, 0) is 51.4 Å². The van der Waals surface area contributed by atoms with E-state index in [0.717, 1.165) is 6.54 Å². The summed E-state index contributed by atoms with van der Waals surface area (Å²) in [6.45, 7) is 0.848. The molecule has 0 bridgehead atoms. The van der Waals surface area contributed by atoms with Gasteiger partial charge in [0.25, 0.3) is 0 Å². The SMILES string of the molecule is c1ccc2sc(N(Cc3cccc4ccccc34)c3cc4ccccc4s3)cc2c1. The monoisotopic (exact) mass is 421 g/mol. The van der Waals surface area contributed by atoms with Gasteiger partial charge in [-0.25, -0.2) is 0 Å². The number of rotatable bonds is 4. The van der Waals surface area contributed by atoms with Gasteiger partial charge in [-0.15, -0.1) is 22.7 Å². The lowest BCUT2D eigenvalue weighted by atomic mass is 10.0. The molecule has 0 spiro atoms. The van der Waals surface area contributed by atoms with Gasteiger partial charge in [0.05, 0.1) is 16.5 Å². The van der Waals surface area contributed by atoms with E-state index in [1.165, 1.54) is 46.5 Å². The Balaban J connectivity index is 1.52. The van der Waals surface area contributed by atoms with Gasteiger partial charge >= 0.3 is 0 Å². The van der Waals surface area contributed by atoms with Gasteiger partial charge in [-0.3, -0.25) is 0 Å². The highest BCUT2D eigenvalue weighted by Crippen LogP contribution is 2.42. The standard InChI is InChI=1S/C27H19NS2/c1-4-13-23-19(8-1)11-7-12-22(23)18-28(26-16-20-9-2-5-14-24(20)29-26)27-17-21-10-3-6-15-25(21)30-27/h1-17H,18H2. The van der Waals surface area contributed by atoms with Gasteiger partial charge in [-0.1, -0.05) is 78.9 Å². The molecule has 6 rings (SSSR count). The van der Waals surface area contributed by atoms with Crippen molar-refractivity contribution in [1.29, 1.82) is 0 Å². The fourth-order valence-electron chi connectivity index (χ4n) is 4.07. The highest BCUT2D eigenvalue weighted by atomic mass is 32.1. The fourth-order valence-corrected chi connectivity index (χ4v) is 6.28. The Bertz CT molecular complexity index is 1350. The normalized spacial score (nSPS) is 11.5. The van der Waals surface area contributed by atoms with Gasteiger partial charge in [0.1, 0.15) is 0 Å². The van der Waals surface area contributed by atoms with Crippen molar-refractivity contribution in [3.63, 3.8) is 0 Å². The molecule has 2 aromatic heterocycles. The average molecular weight is 422 g/mol. The Morgan fingerprint density at radius 3 is 1.70 bits per heavy atom. The number of benzene rings is 4. The molecule has 0 amide bonds. The van der Waals surface area contributed by atoms with E-state index in [2.05, 4.69) is 108 Å². The lowest BCUT2D eigenvalue weighted by Crippen LogP contribution is -2.14. The van der Waals surface area contributed by atoms with Crippen molar-refractivity contribution in [3.05, 3.63) is 109 Å². The molecule has 0 fully saturated rings. The van der Waals surface area contributed by atoms with E-state index in [9.17, 15) is 0 Å². The van der Waals surface area contributed by atoms with E-state index in [4.69, 9.17) is 0 Å². The van der Waals surface area contributed by atoms with Crippen molar-refractivity contribution < 1.29 is 0 Å². The molecule has 0 aliphatic rings. The van der Waals surface area contributed by atoms with Gasteiger partial charge in [0, 0.05) is 9.40 Å². The summed E-state index contributed by atoms with van der Waals surface area (Å²) < 4.78 is 2.66. The van der Waals surface area contributed by atoms with Crippen molar-refractivity contribution in [3.8, 4) is 0 Å². The minimum absolute atomic E-state index is 0.848. The van der Waals surface area contributed by atoms with Crippen LogP contribution in [-0.2, 0) is 6.54 Å². The Kier molecular flexibility index (Phi) is 4.29. The van der Waals surface area contributed by atoms with Crippen molar-refractivity contribution in [2.24, 2.45) is 0 Å². The molecule has 6 aromatic rings. The molecule has 30 heavy (non-hydrogen) atoms. The van der Waals surface area contributed by atoms with Gasteiger partial charge in [0.15, 0.2) is 0 Å². The number of anilines is 2. The van der Waals surface area contributed by atoms with Crippen LogP contribution >= 0.6 is 22.7 Å². The third-order valence-electron chi connectivity index (χ3n) is 5.57. The van der Waals surface area contributed by atoms with Crippen molar-refractivity contribution in [2.75, 3.05) is 4.90 Å². The van der Waals surface area contributed by atoms with Gasteiger partial charge < -0.3 is 4.90 Å². The first-order valence-electron chi connectivity index (χ1n) is 10.1. The molecule has 0 aliphatic carbocycles. The predicted octanol–water partition coefficient (Wildman–Crippen LogP) is 8.61. The van der Waals surface area contributed by atoms with E-state index in [1.54, 1.807) is 0 Å². The number of hydrogen-bond donors (Lipinski definition) is 0. The van der Waals surface area contributed by atoms with E-state index in [-0.39, 0.29) is 0 Å². The van der Waals surface area contributed by atoms with Crippen LogP contribution in [-0.4, -0.2) is 0 Å². The summed E-state index contributed by atoms with van der Waals surface area (Å²) >= 11 is 3.73. The van der Waals surface area contributed by atoms with Crippen LogP contribution in [0.25, 0.3) is 30.9 Å². The minimum atomic E-state index is 0.848. The zero-order valence-electron chi connectivity index (χ0n) is 16.3. The van der Waals surface area contributed by atoms with Crippen LogP contribution in [0.5, 0.6) is 0 Å². The molecule has 4 aromatic carbocycles. The van der Waals surface area contributed by atoms with Crippen LogP contribution < -0.4 is 4.90 Å². The zero-order valence-corrected chi connectivity index (χ0v) is 17.9. The summed E-state index contributed by atoms with van der Waals surface area (Å²) in [5, 5.41) is 7.81. The van der Waals surface area contributed by atoms with Crippen LogP contribution in [0.4, 0.5) is 10.0 Å². The Morgan fingerprint density at radius 1 is 0.533 bits per heavy atom. The van der Waals surface area contributed by atoms with E-state index in [1.807, 2.05) is 22.7 Å². The largest absolute Gasteiger partial charge is 0.320 e. The summed E-state index contributed by atoms with van der Waals surface area (Å²) in [6, 6.07) is 37.3. The topological polar surface area (TPSA) is 3.24 Å². The van der Waals surface area contributed by atoms with Crippen molar-refractivity contribution in [2.45, 2.75) is 6.54 Å². The van der Waals surface area contributed by atoms with Crippen LogP contribution in [0, 0.1) is 0 Å². The third-order valence-corrected chi connectivity index (χ3v) is 7.84. The fraction of sp³-hybridized carbons (Fsp3) is 0.0370. The maximum absolute atomic E-state index is 2.48. The quantitative estimate of drug-likeness (QED) is 0.275. The Morgan fingerprint density at radius 2 is 1.07 bits per heavy atom. The van der Waals surface area contributed by atoms with Crippen LogP contribution in [0.1, 0.15) is 5.56 Å². The highest BCUT2D eigenvalue weighted by Gasteiger charge is 2.17. The van der Waals surface area contributed by atoms with Crippen LogP contribution in [0.2, 0.25) is 0 Å². The van der Waals surface area contributed by atoms with E-state index >= 15 is 0 Å². The number of nitrogens with zero attached hydrogens (tertiary/aromatic N) is 1. The second-order valence-electron chi connectivity index (χ2n) is 7.47. The summed E-state index contributed by atoms with van der Waals surface area (Å²) in [5.41, 5.74) is 1.35. The summed E-state index contributed by atoms with van der Waals surface area (Å²) in [6.07, 6.45) is 0. The maximum Gasteiger partial charge on any atom is 0.0974 e. The number of hydrogen-bond acceptors (Lipinski definition) is 3. The third kappa shape index (κ3) is 3.07. The predicted molar refractivity (Wildman–Crippen MR) is 133 cm³/mol. The first-order chi connectivity index (χ1) is 14.8. The molecular formula is C27H19NS2. The zero-order chi connectivity index (χ0) is 19.9. The second-order valence-corrected chi connectivity index (χ2v) is 9.59. The molecule has 144 valence electrons. The lowest BCUT2D eigenvalue weighted by molar-refractivity contribution is 1.01. The number of fused-ring (bicyclic) bond motifs is 3. The average Bonchev–Trinajstić information content (AvgIpc) is 3.41. The molecule has 0 radical (unpaired) electrons. The summed E-state index contributed by atoms with van der Waals surface area (Å²) in [5.74, 6) is 0. The molecule has 0 aliphatic heterocycles. The first kappa shape index (κ1) is 17.7. The molecule has 0 saturated carbocycles. The van der Waals surface area contributed by atoms with Gasteiger partial charge in [-0.2, -0.15) is 0 Å². The molecule has 1 nitrogen and oxygen atoms in total. The van der Waals surface area contributed by atoms with Crippen LogP contribution in [0.3, 0.4) is 0 Å². The smallest absolute Gasteiger partial charge is 0.0974 e. The maximum atomic E-state index is 2.48.